The van der Waals surface area contributed by atoms with Crippen molar-refractivity contribution in [2.24, 2.45) is 0 Å². The SMILES string of the molecule is CN(C)c1nc(C#N)cc(-c2ccc3c(c2)CCCC3)n1. The van der Waals surface area contributed by atoms with Crippen LogP contribution in [-0.4, -0.2) is 24.1 Å². The van der Waals surface area contributed by atoms with Gasteiger partial charge in [-0.1, -0.05) is 12.1 Å². The second-order valence-electron chi connectivity index (χ2n) is 5.64. The third-order valence-electron chi connectivity index (χ3n) is 3.87. The molecule has 0 amide bonds. The zero-order chi connectivity index (χ0) is 14.8. The molecule has 21 heavy (non-hydrogen) atoms. The summed E-state index contributed by atoms with van der Waals surface area (Å²) in [6, 6.07) is 10.4. The lowest BCUT2D eigenvalue weighted by Gasteiger charge is -2.17. The molecule has 1 heterocycles. The number of hydrogen-bond acceptors (Lipinski definition) is 4. The van der Waals surface area contributed by atoms with Crippen LogP contribution in [0.15, 0.2) is 24.3 Å². The van der Waals surface area contributed by atoms with Gasteiger partial charge >= 0.3 is 0 Å². The first-order valence-corrected chi connectivity index (χ1v) is 7.26. The van der Waals surface area contributed by atoms with Crippen molar-refractivity contribution in [3.63, 3.8) is 0 Å². The van der Waals surface area contributed by atoms with Crippen LogP contribution in [-0.2, 0) is 12.8 Å². The van der Waals surface area contributed by atoms with Gasteiger partial charge in [0.05, 0.1) is 5.69 Å². The van der Waals surface area contributed by atoms with Crippen LogP contribution in [0.5, 0.6) is 0 Å². The maximum Gasteiger partial charge on any atom is 0.226 e. The second-order valence-corrected chi connectivity index (χ2v) is 5.64. The Balaban J connectivity index is 2.07. The normalized spacial score (nSPS) is 13.4. The minimum atomic E-state index is 0.404. The molecule has 0 aliphatic heterocycles. The van der Waals surface area contributed by atoms with Crippen LogP contribution in [0.3, 0.4) is 0 Å². The number of benzene rings is 1. The number of aryl methyl sites for hydroxylation is 2. The summed E-state index contributed by atoms with van der Waals surface area (Å²) >= 11 is 0. The Morgan fingerprint density at radius 1 is 1.05 bits per heavy atom. The highest BCUT2D eigenvalue weighted by molar-refractivity contribution is 5.63. The van der Waals surface area contributed by atoms with Crippen molar-refractivity contribution < 1.29 is 0 Å². The maximum atomic E-state index is 9.15. The minimum absolute atomic E-state index is 0.404. The molecule has 4 nitrogen and oxygen atoms in total. The van der Waals surface area contributed by atoms with E-state index in [0.29, 0.717) is 11.6 Å². The summed E-state index contributed by atoms with van der Waals surface area (Å²) in [6.45, 7) is 0. The van der Waals surface area contributed by atoms with Gasteiger partial charge in [0.2, 0.25) is 5.95 Å². The van der Waals surface area contributed by atoms with Gasteiger partial charge in [-0.05, 0) is 42.9 Å². The largest absolute Gasteiger partial charge is 0.347 e. The summed E-state index contributed by atoms with van der Waals surface area (Å²) in [5.74, 6) is 0.571. The molecule has 0 saturated heterocycles. The number of anilines is 1. The van der Waals surface area contributed by atoms with Crippen molar-refractivity contribution in [1.82, 2.24) is 9.97 Å². The molecule has 0 spiro atoms. The molecular formula is C17H18N4. The molecular weight excluding hydrogens is 260 g/mol. The molecule has 1 aromatic carbocycles. The summed E-state index contributed by atoms with van der Waals surface area (Å²) in [4.78, 5) is 10.6. The van der Waals surface area contributed by atoms with Crippen molar-refractivity contribution >= 4 is 5.95 Å². The molecule has 2 aromatic rings. The van der Waals surface area contributed by atoms with Gasteiger partial charge in [-0.15, -0.1) is 0 Å². The summed E-state index contributed by atoms with van der Waals surface area (Å²) in [6.07, 6.45) is 4.85. The molecule has 106 valence electrons. The molecule has 0 radical (unpaired) electrons. The molecule has 0 atom stereocenters. The maximum absolute atomic E-state index is 9.15. The van der Waals surface area contributed by atoms with Crippen molar-refractivity contribution in [3.8, 4) is 17.3 Å². The molecule has 0 N–H and O–H groups in total. The molecule has 3 rings (SSSR count). The highest BCUT2D eigenvalue weighted by Crippen LogP contribution is 2.27. The average Bonchev–Trinajstić information content (AvgIpc) is 2.53. The number of nitrogens with zero attached hydrogens (tertiary/aromatic N) is 4. The Kier molecular flexibility index (Phi) is 3.57. The lowest BCUT2D eigenvalue weighted by atomic mass is 9.90. The van der Waals surface area contributed by atoms with Crippen molar-refractivity contribution in [2.75, 3.05) is 19.0 Å². The Morgan fingerprint density at radius 3 is 2.52 bits per heavy atom. The third-order valence-corrected chi connectivity index (χ3v) is 3.87. The number of aromatic nitrogens is 2. The Bertz CT molecular complexity index is 713. The standard InChI is InChI=1S/C17H18N4/c1-21(2)17-19-15(11-18)10-16(20-17)14-8-7-12-5-3-4-6-13(12)9-14/h7-10H,3-6H2,1-2H3. The van der Waals surface area contributed by atoms with Gasteiger partial charge in [0.25, 0.3) is 0 Å². The van der Waals surface area contributed by atoms with Gasteiger partial charge in [0, 0.05) is 25.7 Å². The van der Waals surface area contributed by atoms with Gasteiger partial charge in [-0.2, -0.15) is 5.26 Å². The van der Waals surface area contributed by atoms with E-state index in [2.05, 4.69) is 34.2 Å². The Hall–Kier alpha value is -2.41. The first-order valence-electron chi connectivity index (χ1n) is 7.26. The van der Waals surface area contributed by atoms with E-state index >= 15 is 0 Å². The zero-order valence-corrected chi connectivity index (χ0v) is 12.4. The fraction of sp³-hybridized carbons (Fsp3) is 0.353. The number of fused-ring (bicyclic) bond motifs is 1. The lowest BCUT2D eigenvalue weighted by Crippen LogP contribution is -2.13. The molecule has 0 fully saturated rings. The van der Waals surface area contributed by atoms with E-state index in [0.717, 1.165) is 17.7 Å². The number of rotatable bonds is 2. The molecule has 1 aromatic heterocycles. The van der Waals surface area contributed by atoms with Gasteiger partial charge in [0.15, 0.2) is 0 Å². The number of hydrogen-bond donors (Lipinski definition) is 0. The van der Waals surface area contributed by atoms with Crippen LogP contribution in [0, 0.1) is 11.3 Å². The predicted octanol–water partition coefficient (Wildman–Crippen LogP) is 2.96. The highest BCUT2D eigenvalue weighted by Gasteiger charge is 2.12. The predicted molar refractivity (Wildman–Crippen MR) is 83.2 cm³/mol. The second kappa shape index (κ2) is 5.53. The van der Waals surface area contributed by atoms with E-state index < -0.39 is 0 Å². The van der Waals surface area contributed by atoms with E-state index in [1.54, 1.807) is 6.07 Å². The average molecular weight is 278 g/mol. The van der Waals surface area contributed by atoms with Gasteiger partial charge in [-0.25, -0.2) is 9.97 Å². The summed E-state index contributed by atoms with van der Waals surface area (Å²) in [5.41, 5.74) is 5.16. The molecule has 0 unspecified atom stereocenters. The third kappa shape index (κ3) is 2.73. The topological polar surface area (TPSA) is 52.8 Å². The molecule has 0 saturated carbocycles. The molecule has 1 aliphatic rings. The number of nitriles is 1. The first-order chi connectivity index (χ1) is 10.2. The molecule has 4 heteroatoms. The van der Waals surface area contributed by atoms with E-state index in [1.165, 1.54) is 30.4 Å². The Labute approximate surface area is 125 Å². The van der Waals surface area contributed by atoms with E-state index in [-0.39, 0.29) is 0 Å². The van der Waals surface area contributed by atoms with Gasteiger partial charge in [0.1, 0.15) is 11.8 Å². The van der Waals surface area contributed by atoms with Crippen LogP contribution < -0.4 is 4.90 Å². The minimum Gasteiger partial charge on any atom is -0.347 e. The van der Waals surface area contributed by atoms with Gasteiger partial charge in [-0.3, -0.25) is 0 Å². The van der Waals surface area contributed by atoms with Crippen LogP contribution in [0.4, 0.5) is 5.95 Å². The van der Waals surface area contributed by atoms with Gasteiger partial charge < -0.3 is 4.90 Å². The summed E-state index contributed by atoms with van der Waals surface area (Å²) in [7, 11) is 3.76. The monoisotopic (exact) mass is 278 g/mol. The van der Waals surface area contributed by atoms with Crippen LogP contribution >= 0.6 is 0 Å². The zero-order valence-electron chi connectivity index (χ0n) is 12.4. The van der Waals surface area contributed by atoms with Crippen LogP contribution in [0.25, 0.3) is 11.3 Å². The quantitative estimate of drug-likeness (QED) is 0.847. The highest BCUT2D eigenvalue weighted by atomic mass is 15.2. The van der Waals surface area contributed by atoms with E-state index in [1.807, 2.05) is 19.0 Å². The van der Waals surface area contributed by atoms with Crippen LogP contribution in [0.1, 0.15) is 29.7 Å². The summed E-state index contributed by atoms with van der Waals surface area (Å²) in [5, 5.41) is 9.15. The van der Waals surface area contributed by atoms with Crippen molar-refractivity contribution in [3.05, 3.63) is 41.1 Å². The smallest absolute Gasteiger partial charge is 0.226 e. The van der Waals surface area contributed by atoms with E-state index in [4.69, 9.17) is 5.26 Å². The van der Waals surface area contributed by atoms with E-state index in [9.17, 15) is 0 Å². The first kappa shape index (κ1) is 13.6. The van der Waals surface area contributed by atoms with Crippen molar-refractivity contribution in [2.45, 2.75) is 25.7 Å². The lowest BCUT2D eigenvalue weighted by molar-refractivity contribution is 0.686. The fourth-order valence-electron chi connectivity index (χ4n) is 2.73. The Morgan fingerprint density at radius 2 is 1.81 bits per heavy atom. The van der Waals surface area contributed by atoms with Crippen molar-refractivity contribution in [1.29, 1.82) is 5.26 Å². The molecule has 1 aliphatic carbocycles. The van der Waals surface area contributed by atoms with Crippen LogP contribution in [0.2, 0.25) is 0 Å². The summed E-state index contributed by atoms with van der Waals surface area (Å²) < 4.78 is 0. The molecule has 0 bridgehead atoms. The fourth-order valence-corrected chi connectivity index (χ4v) is 2.73.